The van der Waals surface area contributed by atoms with Crippen molar-refractivity contribution in [2.45, 2.75) is 18.1 Å². The van der Waals surface area contributed by atoms with E-state index in [1.165, 1.54) is 12.3 Å². The van der Waals surface area contributed by atoms with E-state index in [9.17, 15) is 9.18 Å². The van der Waals surface area contributed by atoms with E-state index < -0.39 is 18.1 Å². The second-order valence-corrected chi connectivity index (χ2v) is 7.36. The fourth-order valence-corrected chi connectivity index (χ4v) is 3.76. The fraction of sp³-hybridized carbons (Fsp3) is 0.278. The summed E-state index contributed by atoms with van der Waals surface area (Å²) in [6.07, 6.45) is 1.87. The van der Waals surface area contributed by atoms with Gasteiger partial charge < -0.3 is 15.8 Å². The van der Waals surface area contributed by atoms with Crippen LogP contribution in [0.25, 0.3) is 0 Å². The number of nitrogens with one attached hydrogen (secondary N) is 1. The number of fused-ring (bicyclic) bond motifs is 1. The van der Waals surface area contributed by atoms with Crippen molar-refractivity contribution in [2.75, 3.05) is 12.0 Å². The van der Waals surface area contributed by atoms with E-state index in [1.54, 1.807) is 24.3 Å². The molecule has 1 amide bonds. The summed E-state index contributed by atoms with van der Waals surface area (Å²) in [4.78, 5) is 20.6. The van der Waals surface area contributed by atoms with Crippen LogP contribution in [0, 0.1) is 5.92 Å². The van der Waals surface area contributed by atoms with Crippen molar-refractivity contribution in [3.8, 4) is 0 Å². The summed E-state index contributed by atoms with van der Waals surface area (Å²) in [5.74, 6) is -0.565. The Morgan fingerprint density at radius 2 is 2.19 bits per heavy atom. The topological polar surface area (TPSA) is 89.6 Å². The Bertz CT molecular complexity index is 937. The third kappa shape index (κ3) is 3.21. The number of nitrogens with zero attached hydrogens (tertiary/aromatic N) is 2. The Labute approximate surface area is 164 Å². The molecule has 3 atom stereocenters. The van der Waals surface area contributed by atoms with Gasteiger partial charge in [-0.05, 0) is 36.8 Å². The number of anilines is 1. The molecule has 2 aromatic rings. The minimum absolute atomic E-state index is 0.0535. The minimum Gasteiger partial charge on any atom is -0.462 e. The highest BCUT2D eigenvalue weighted by molar-refractivity contribution is 6.31. The van der Waals surface area contributed by atoms with E-state index >= 15 is 0 Å². The monoisotopic (exact) mass is 408 g/mol. The van der Waals surface area contributed by atoms with Gasteiger partial charge in [-0.15, -0.1) is 0 Å². The molecule has 1 aliphatic heterocycles. The van der Waals surface area contributed by atoms with Crippen LogP contribution in [0.15, 0.2) is 41.5 Å². The number of carbonyl (C=O) groups excluding carboxylic acids is 1. The SMILES string of the molecule is NC1=N[C@@](CF)(c2cc(NC(=O)c3ccc(Cl)cn3)ccc2Cl)[C@@H]2CC2O1. The Hall–Kier alpha value is -2.38. The number of amidine groups is 1. The predicted molar refractivity (Wildman–Crippen MR) is 101 cm³/mol. The zero-order valence-electron chi connectivity index (χ0n) is 14.0. The summed E-state index contributed by atoms with van der Waals surface area (Å²) < 4.78 is 19.5. The first-order valence-electron chi connectivity index (χ1n) is 8.24. The number of hydrogen-bond acceptors (Lipinski definition) is 5. The molecule has 1 aromatic carbocycles. The van der Waals surface area contributed by atoms with Gasteiger partial charge in [-0.1, -0.05) is 23.2 Å². The van der Waals surface area contributed by atoms with Crippen molar-refractivity contribution >= 4 is 40.8 Å². The normalized spacial score (nSPS) is 25.8. The standard InChI is InChI=1S/C18H15Cl2FN4O2/c19-9-1-4-14(23-7-9)16(26)24-10-2-3-13(20)11(5-10)18(8-21)12-6-15(12)27-17(22)25-18/h1-5,7,12,15H,6,8H2,(H2,22,25)(H,24,26)/t12-,15?,18+/m1/s1. The number of hydrogen-bond donors (Lipinski definition) is 2. The Kier molecular flexibility index (Phi) is 4.44. The van der Waals surface area contributed by atoms with Crippen LogP contribution in [-0.2, 0) is 10.3 Å². The van der Waals surface area contributed by atoms with Gasteiger partial charge in [0.25, 0.3) is 11.9 Å². The first-order valence-corrected chi connectivity index (χ1v) is 8.99. The number of alkyl halides is 1. The van der Waals surface area contributed by atoms with Crippen molar-refractivity contribution in [1.29, 1.82) is 0 Å². The van der Waals surface area contributed by atoms with Crippen LogP contribution in [0.2, 0.25) is 10.0 Å². The van der Waals surface area contributed by atoms with Gasteiger partial charge in [-0.2, -0.15) is 0 Å². The molecule has 1 unspecified atom stereocenters. The van der Waals surface area contributed by atoms with Crippen LogP contribution in [0.5, 0.6) is 0 Å². The lowest BCUT2D eigenvalue weighted by molar-refractivity contribution is 0.102. The lowest BCUT2D eigenvalue weighted by Crippen LogP contribution is -2.39. The first-order chi connectivity index (χ1) is 12.9. The van der Waals surface area contributed by atoms with Crippen molar-refractivity contribution in [2.24, 2.45) is 16.6 Å². The van der Waals surface area contributed by atoms with Crippen LogP contribution < -0.4 is 11.1 Å². The molecule has 0 radical (unpaired) electrons. The van der Waals surface area contributed by atoms with Crippen LogP contribution in [-0.4, -0.2) is 29.7 Å². The first kappa shape index (κ1) is 18.0. The lowest BCUT2D eigenvalue weighted by Gasteiger charge is -2.32. The maximum atomic E-state index is 14.2. The number of aliphatic imine (C=N–C) groups is 1. The van der Waals surface area contributed by atoms with Crippen molar-refractivity contribution in [3.63, 3.8) is 0 Å². The van der Waals surface area contributed by atoms with Gasteiger partial charge >= 0.3 is 0 Å². The molecule has 0 saturated heterocycles. The summed E-state index contributed by atoms with van der Waals surface area (Å²) in [5.41, 5.74) is 5.63. The van der Waals surface area contributed by atoms with Crippen LogP contribution in [0.4, 0.5) is 10.1 Å². The van der Waals surface area contributed by atoms with E-state index in [2.05, 4.69) is 15.3 Å². The largest absolute Gasteiger partial charge is 0.462 e. The number of rotatable bonds is 4. The summed E-state index contributed by atoms with van der Waals surface area (Å²) in [6, 6.07) is 7.87. The Balaban J connectivity index is 1.66. The highest BCUT2D eigenvalue weighted by atomic mass is 35.5. The Morgan fingerprint density at radius 1 is 1.37 bits per heavy atom. The van der Waals surface area contributed by atoms with Gasteiger partial charge in [0, 0.05) is 28.4 Å². The summed E-state index contributed by atoms with van der Waals surface area (Å²) in [6.45, 7) is -0.770. The molecule has 3 N–H and O–H groups in total. The van der Waals surface area contributed by atoms with E-state index in [0.717, 1.165) is 0 Å². The summed E-state index contributed by atoms with van der Waals surface area (Å²) in [7, 11) is 0. The molecule has 0 spiro atoms. The molecule has 1 saturated carbocycles. The van der Waals surface area contributed by atoms with Gasteiger partial charge in [0.2, 0.25) is 0 Å². The molecule has 27 heavy (non-hydrogen) atoms. The Morgan fingerprint density at radius 3 is 2.89 bits per heavy atom. The number of ether oxygens (including phenoxy) is 1. The second-order valence-electron chi connectivity index (χ2n) is 6.52. The number of nitrogens with two attached hydrogens (primary N) is 1. The molecule has 2 aliphatic rings. The molecule has 1 aliphatic carbocycles. The molecule has 140 valence electrons. The molecule has 2 heterocycles. The quantitative estimate of drug-likeness (QED) is 0.809. The molecule has 1 fully saturated rings. The van der Waals surface area contributed by atoms with Crippen molar-refractivity contribution in [3.05, 3.63) is 57.8 Å². The number of halogens is 3. The molecule has 9 heteroatoms. The van der Waals surface area contributed by atoms with Gasteiger partial charge in [0.05, 0.1) is 5.02 Å². The van der Waals surface area contributed by atoms with Gasteiger partial charge in [0.1, 0.15) is 24.0 Å². The maximum absolute atomic E-state index is 14.2. The highest BCUT2D eigenvalue weighted by Gasteiger charge is 2.59. The number of benzene rings is 1. The smallest absolute Gasteiger partial charge is 0.283 e. The van der Waals surface area contributed by atoms with E-state index in [1.807, 2.05) is 0 Å². The average molecular weight is 409 g/mol. The fourth-order valence-electron chi connectivity index (χ4n) is 3.37. The highest BCUT2D eigenvalue weighted by Crippen LogP contribution is 2.54. The van der Waals surface area contributed by atoms with Gasteiger partial charge in [-0.3, -0.25) is 4.79 Å². The van der Waals surface area contributed by atoms with E-state index in [4.69, 9.17) is 33.7 Å². The number of amides is 1. The lowest BCUT2D eigenvalue weighted by atomic mass is 9.85. The maximum Gasteiger partial charge on any atom is 0.283 e. The molecular formula is C18H15Cl2FN4O2. The van der Waals surface area contributed by atoms with Crippen LogP contribution in [0.1, 0.15) is 22.5 Å². The number of aromatic nitrogens is 1. The molecule has 0 bridgehead atoms. The second kappa shape index (κ2) is 6.65. The zero-order valence-corrected chi connectivity index (χ0v) is 15.5. The molecule has 1 aromatic heterocycles. The zero-order chi connectivity index (χ0) is 19.2. The van der Waals surface area contributed by atoms with Crippen molar-refractivity contribution < 1.29 is 13.9 Å². The third-order valence-electron chi connectivity index (χ3n) is 4.78. The predicted octanol–water partition coefficient (Wildman–Crippen LogP) is 3.54. The van der Waals surface area contributed by atoms with Crippen LogP contribution >= 0.6 is 23.2 Å². The van der Waals surface area contributed by atoms with E-state index in [0.29, 0.717) is 27.7 Å². The number of pyridine rings is 1. The van der Waals surface area contributed by atoms with Gasteiger partial charge in [-0.25, -0.2) is 14.4 Å². The van der Waals surface area contributed by atoms with E-state index in [-0.39, 0.29) is 23.7 Å². The van der Waals surface area contributed by atoms with Crippen LogP contribution in [0.3, 0.4) is 0 Å². The van der Waals surface area contributed by atoms with Gasteiger partial charge in [0.15, 0.2) is 0 Å². The molecule has 4 rings (SSSR count). The summed E-state index contributed by atoms with van der Waals surface area (Å²) >= 11 is 12.1. The molecular weight excluding hydrogens is 394 g/mol. The van der Waals surface area contributed by atoms with Crippen molar-refractivity contribution in [1.82, 2.24) is 4.98 Å². The summed E-state index contributed by atoms with van der Waals surface area (Å²) in [5, 5.41) is 3.51. The average Bonchev–Trinajstić information content (AvgIpc) is 3.43. The third-order valence-corrected chi connectivity index (χ3v) is 5.33. The minimum atomic E-state index is -1.21. The molecule has 6 nitrogen and oxygen atoms in total. The number of carbonyl (C=O) groups is 1.